The summed E-state index contributed by atoms with van der Waals surface area (Å²) in [6.07, 6.45) is -4.69. The molecule has 130 valence electrons. The van der Waals surface area contributed by atoms with Gasteiger partial charge in [0, 0.05) is 0 Å². The minimum Gasteiger partial charge on any atom is -0.489 e. The van der Waals surface area contributed by atoms with Gasteiger partial charge in [-0.15, -0.1) is 0 Å². The molecule has 0 fully saturated rings. The quantitative estimate of drug-likeness (QED) is 0.760. The molecule has 1 heterocycles. The van der Waals surface area contributed by atoms with Crippen molar-refractivity contribution in [2.75, 3.05) is 0 Å². The number of benzene rings is 2. The molecule has 3 aromatic rings. The van der Waals surface area contributed by atoms with Crippen LogP contribution in [0.2, 0.25) is 0 Å². The Morgan fingerprint density at radius 1 is 1.04 bits per heavy atom. The van der Waals surface area contributed by atoms with Crippen molar-refractivity contribution >= 4 is 0 Å². The highest BCUT2D eigenvalue weighted by Crippen LogP contribution is 2.29. The van der Waals surface area contributed by atoms with Crippen LogP contribution in [0.25, 0.3) is 0 Å². The van der Waals surface area contributed by atoms with E-state index < -0.39 is 18.1 Å². The smallest absolute Gasteiger partial charge is 0.471 e. The van der Waals surface area contributed by atoms with Gasteiger partial charge in [-0.3, -0.25) is 0 Å². The third kappa shape index (κ3) is 4.16. The number of rotatable bonds is 5. The fourth-order valence-corrected chi connectivity index (χ4v) is 2.14. The summed E-state index contributed by atoms with van der Waals surface area (Å²) in [6, 6.07) is 15.4. The molecular weight excluding hydrogens is 335 g/mol. The second kappa shape index (κ2) is 6.94. The minimum atomic E-state index is -4.69. The second-order valence-corrected chi connectivity index (χ2v) is 5.28. The molecule has 2 aromatic carbocycles. The van der Waals surface area contributed by atoms with E-state index in [9.17, 15) is 13.2 Å². The Labute approximate surface area is 141 Å². The van der Waals surface area contributed by atoms with Crippen LogP contribution in [0.5, 0.6) is 5.75 Å². The molecule has 8 heteroatoms. The van der Waals surface area contributed by atoms with E-state index in [4.69, 9.17) is 10.5 Å². The molecule has 1 aromatic heterocycles. The Hall–Kier alpha value is -2.87. The van der Waals surface area contributed by atoms with E-state index in [0.717, 1.165) is 5.56 Å². The molecule has 0 amide bonds. The molecule has 5 nitrogen and oxygen atoms in total. The standard InChI is InChI=1S/C17H14F3N3O2/c18-17(19,20)16-22-15(23-25-16)14(21)12-6-8-13(9-7-12)24-10-11-4-2-1-3-5-11/h1-9,14H,10,21H2. The normalized spacial score (nSPS) is 12.8. The van der Waals surface area contributed by atoms with Gasteiger partial charge in [-0.25, -0.2) is 0 Å². The van der Waals surface area contributed by atoms with Gasteiger partial charge in [0.05, 0.1) is 6.04 Å². The summed E-state index contributed by atoms with van der Waals surface area (Å²) in [5, 5.41) is 3.30. The minimum absolute atomic E-state index is 0.231. The lowest BCUT2D eigenvalue weighted by Gasteiger charge is -2.10. The van der Waals surface area contributed by atoms with Gasteiger partial charge in [0.2, 0.25) is 0 Å². The summed E-state index contributed by atoms with van der Waals surface area (Å²) in [7, 11) is 0. The van der Waals surface area contributed by atoms with Crippen LogP contribution in [-0.2, 0) is 12.8 Å². The van der Waals surface area contributed by atoms with E-state index in [2.05, 4.69) is 14.7 Å². The highest BCUT2D eigenvalue weighted by molar-refractivity contribution is 5.31. The molecule has 3 rings (SSSR count). The average molecular weight is 349 g/mol. The topological polar surface area (TPSA) is 74.2 Å². The van der Waals surface area contributed by atoms with Gasteiger partial charge < -0.3 is 15.0 Å². The molecule has 0 aliphatic heterocycles. The predicted molar refractivity (Wildman–Crippen MR) is 82.5 cm³/mol. The van der Waals surface area contributed by atoms with Gasteiger partial charge in [-0.2, -0.15) is 18.2 Å². The molecular formula is C17H14F3N3O2. The van der Waals surface area contributed by atoms with Crippen molar-refractivity contribution in [3.05, 3.63) is 77.4 Å². The average Bonchev–Trinajstić information content (AvgIpc) is 3.11. The van der Waals surface area contributed by atoms with E-state index in [-0.39, 0.29) is 5.82 Å². The van der Waals surface area contributed by atoms with Crippen LogP contribution in [0.15, 0.2) is 59.1 Å². The first-order valence-corrected chi connectivity index (χ1v) is 7.36. The SMILES string of the molecule is NC(c1ccc(OCc2ccccc2)cc1)c1noc(C(F)(F)F)n1. The Morgan fingerprint density at radius 2 is 1.72 bits per heavy atom. The number of ether oxygens (including phenoxy) is 1. The van der Waals surface area contributed by atoms with Gasteiger partial charge in [-0.05, 0) is 23.3 Å². The summed E-state index contributed by atoms with van der Waals surface area (Å²) in [4.78, 5) is 3.30. The molecule has 0 aliphatic rings. The summed E-state index contributed by atoms with van der Waals surface area (Å²) in [6.45, 7) is 0.409. The van der Waals surface area contributed by atoms with Crippen molar-refractivity contribution in [1.82, 2.24) is 10.1 Å². The Bertz CT molecular complexity index is 817. The largest absolute Gasteiger partial charge is 0.489 e. The zero-order chi connectivity index (χ0) is 17.9. The van der Waals surface area contributed by atoms with E-state index in [1.54, 1.807) is 24.3 Å². The molecule has 0 saturated heterocycles. The summed E-state index contributed by atoms with van der Waals surface area (Å²) in [5.74, 6) is -1.03. The molecule has 0 aliphatic carbocycles. The molecule has 25 heavy (non-hydrogen) atoms. The number of alkyl halides is 3. The molecule has 0 spiro atoms. The van der Waals surface area contributed by atoms with Crippen molar-refractivity contribution < 1.29 is 22.4 Å². The lowest BCUT2D eigenvalue weighted by Crippen LogP contribution is -2.14. The lowest BCUT2D eigenvalue weighted by molar-refractivity contribution is -0.159. The van der Waals surface area contributed by atoms with Crippen molar-refractivity contribution in [1.29, 1.82) is 0 Å². The van der Waals surface area contributed by atoms with Crippen molar-refractivity contribution in [3.63, 3.8) is 0 Å². The Kier molecular flexibility index (Phi) is 4.71. The molecule has 0 saturated carbocycles. The Balaban J connectivity index is 1.66. The molecule has 1 unspecified atom stereocenters. The van der Waals surface area contributed by atoms with Crippen molar-refractivity contribution in [2.45, 2.75) is 18.8 Å². The van der Waals surface area contributed by atoms with E-state index in [0.29, 0.717) is 17.9 Å². The van der Waals surface area contributed by atoms with Gasteiger partial charge in [-0.1, -0.05) is 47.6 Å². The second-order valence-electron chi connectivity index (χ2n) is 5.28. The van der Waals surface area contributed by atoms with Gasteiger partial charge in [0.15, 0.2) is 5.82 Å². The summed E-state index contributed by atoms with van der Waals surface area (Å²) < 4.78 is 47.3. The first-order chi connectivity index (χ1) is 11.9. The summed E-state index contributed by atoms with van der Waals surface area (Å²) >= 11 is 0. The number of nitrogens with zero attached hydrogens (tertiary/aromatic N) is 2. The monoisotopic (exact) mass is 349 g/mol. The number of halogens is 3. The van der Waals surface area contributed by atoms with E-state index >= 15 is 0 Å². The summed E-state index contributed by atoms with van der Waals surface area (Å²) in [5.41, 5.74) is 7.46. The van der Waals surface area contributed by atoms with Crippen LogP contribution in [-0.4, -0.2) is 10.1 Å². The fourth-order valence-electron chi connectivity index (χ4n) is 2.14. The maximum Gasteiger partial charge on any atom is 0.471 e. The van der Waals surface area contributed by atoms with Crippen LogP contribution in [0, 0.1) is 0 Å². The van der Waals surface area contributed by atoms with Gasteiger partial charge in [0.1, 0.15) is 12.4 Å². The van der Waals surface area contributed by atoms with Crippen LogP contribution < -0.4 is 10.5 Å². The fraction of sp³-hybridized carbons (Fsp3) is 0.176. The highest BCUT2D eigenvalue weighted by atomic mass is 19.4. The van der Waals surface area contributed by atoms with Crippen molar-refractivity contribution in [3.8, 4) is 5.75 Å². The maximum absolute atomic E-state index is 12.5. The van der Waals surface area contributed by atoms with Crippen LogP contribution in [0.4, 0.5) is 13.2 Å². The number of hydrogen-bond donors (Lipinski definition) is 1. The molecule has 0 bridgehead atoms. The van der Waals surface area contributed by atoms with Gasteiger partial charge >= 0.3 is 12.1 Å². The zero-order valence-electron chi connectivity index (χ0n) is 12.9. The zero-order valence-corrected chi connectivity index (χ0v) is 12.9. The highest BCUT2D eigenvalue weighted by Gasteiger charge is 2.39. The number of nitrogens with two attached hydrogens (primary N) is 1. The van der Waals surface area contributed by atoms with Crippen molar-refractivity contribution in [2.24, 2.45) is 5.73 Å². The number of aromatic nitrogens is 2. The first-order valence-electron chi connectivity index (χ1n) is 7.36. The molecule has 0 radical (unpaired) electrons. The van der Waals surface area contributed by atoms with Crippen LogP contribution in [0.1, 0.15) is 28.9 Å². The molecule has 1 atom stereocenters. The number of hydrogen-bond acceptors (Lipinski definition) is 5. The van der Waals surface area contributed by atoms with Crippen LogP contribution in [0.3, 0.4) is 0 Å². The van der Waals surface area contributed by atoms with E-state index in [1.165, 1.54) is 0 Å². The third-order valence-corrected chi connectivity index (χ3v) is 3.45. The lowest BCUT2D eigenvalue weighted by atomic mass is 10.1. The Morgan fingerprint density at radius 3 is 2.32 bits per heavy atom. The predicted octanol–water partition coefficient (Wildman–Crippen LogP) is 3.72. The molecule has 2 N–H and O–H groups in total. The first kappa shape index (κ1) is 17.0. The maximum atomic E-state index is 12.5. The van der Waals surface area contributed by atoms with E-state index in [1.807, 2.05) is 30.3 Å². The van der Waals surface area contributed by atoms with Gasteiger partial charge in [0.25, 0.3) is 0 Å². The third-order valence-electron chi connectivity index (χ3n) is 3.45. The van der Waals surface area contributed by atoms with Crippen LogP contribution >= 0.6 is 0 Å².